The zero-order valence-electron chi connectivity index (χ0n) is 9.21. The minimum atomic E-state index is -0.0537. The van der Waals surface area contributed by atoms with Crippen LogP contribution in [0.1, 0.15) is 33.1 Å². The number of hydrogen-bond acceptors (Lipinski definition) is 3. The van der Waals surface area contributed by atoms with E-state index < -0.39 is 0 Å². The summed E-state index contributed by atoms with van der Waals surface area (Å²) in [5, 5.41) is 2.87. The Morgan fingerprint density at radius 1 is 1.57 bits per heavy atom. The van der Waals surface area contributed by atoms with Crippen molar-refractivity contribution in [1.29, 1.82) is 0 Å². The first-order chi connectivity index (χ1) is 6.70. The molecule has 0 aromatic heterocycles. The first-order valence-corrected chi connectivity index (χ1v) is 5.27. The molecule has 0 aromatic rings. The summed E-state index contributed by atoms with van der Waals surface area (Å²) in [6.45, 7) is 5.17. The van der Waals surface area contributed by atoms with Crippen molar-refractivity contribution in [3.05, 3.63) is 0 Å². The van der Waals surface area contributed by atoms with Crippen LogP contribution >= 0.6 is 0 Å². The van der Waals surface area contributed by atoms with E-state index in [0.29, 0.717) is 13.2 Å². The molecule has 0 aromatic carbocycles. The Bertz CT molecular complexity index is 151. The summed E-state index contributed by atoms with van der Waals surface area (Å²) >= 11 is 0. The highest BCUT2D eigenvalue weighted by atomic mass is 16.5. The number of nitrogens with two attached hydrogens (primary N) is 1. The van der Waals surface area contributed by atoms with E-state index in [-0.39, 0.29) is 18.6 Å². The summed E-state index contributed by atoms with van der Waals surface area (Å²) < 4.78 is 5.01. The third kappa shape index (κ3) is 8.01. The second kappa shape index (κ2) is 8.97. The number of amides is 1. The Hall–Kier alpha value is -0.610. The topological polar surface area (TPSA) is 64.3 Å². The molecule has 1 amide bonds. The van der Waals surface area contributed by atoms with E-state index >= 15 is 0 Å². The monoisotopic (exact) mass is 202 g/mol. The lowest BCUT2D eigenvalue weighted by Gasteiger charge is -2.13. The number of carbonyl (C=O) groups is 1. The van der Waals surface area contributed by atoms with Crippen molar-refractivity contribution in [1.82, 2.24) is 5.32 Å². The lowest BCUT2D eigenvalue weighted by Crippen LogP contribution is -2.35. The summed E-state index contributed by atoms with van der Waals surface area (Å²) in [7, 11) is 0. The Labute approximate surface area is 86.2 Å². The van der Waals surface area contributed by atoms with E-state index in [2.05, 4.69) is 12.2 Å². The highest BCUT2D eigenvalue weighted by Gasteiger charge is 2.05. The van der Waals surface area contributed by atoms with E-state index in [1.54, 1.807) is 0 Å². The summed E-state index contributed by atoms with van der Waals surface area (Å²) in [5.74, 6) is -0.0537. The first kappa shape index (κ1) is 13.4. The van der Waals surface area contributed by atoms with Gasteiger partial charge in [-0.2, -0.15) is 0 Å². The van der Waals surface area contributed by atoms with Crippen LogP contribution in [0.2, 0.25) is 0 Å². The fourth-order valence-electron chi connectivity index (χ4n) is 1.15. The zero-order valence-corrected chi connectivity index (χ0v) is 9.21. The standard InChI is InChI=1S/C10H22N2O2/c1-3-4-5-9(2)12-10(13)8-14-7-6-11/h9H,3-8,11H2,1-2H3,(H,12,13). The van der Waals surface area contributed by atoms with Gasteiger partial charge < -0.3 is 15.8 Å². The van der Waals surface area contributed by atoms with Crippen LogP contribution in [0.3, 0.4) is 0 Å². The van der Waals surface area contributed by atoms with Crippen molar-refractivity contribution in [3.63, 3.8) is 0 Å². The molecule has 0 fully saturated rings. The number of rotatable bonds is 8. The second-order valence-electron chi connectivity index (χ2n) is 3.45. The van der Waals surface area contributed by atoms with Gasteiger partial charge in [0.05, 0.1) is 6.61 Å². The third-order valence-electron chi connectivity index (χ3n) is 1.89. The molecule has 0 saturated carbocycles. The van der Waals surface area contributed by atoms with E-state index in [9.17, 15) is 4.79 Å². The molecular weight excluding hydrogens is 180 g/mol. The Morgan fingerprint density at radius 3 is 2.86 bits per heavy atom. The van der Waals surface area contributed by atoms with Gasteiger partial charge in [-0.1, -0.05) is 19.8 Å². The van der Waals surface area contributed by atoms with Crippen LogP contribution in [0.25, 0.3) is 0 Å². The first-order valence-electron chi connectivity index (χ1n) is 5.27. The minimum absolute atomic E-state index is 0.0537. The molecule has 0 radical (unpaired) electrons. The Morgan fingerprint density at radius 2 is 2.29 bits per heavy atom. The van der Waals surface area contributed by atoms with Crippen molar-refractivity contribution in [2.24, 2.45) is 5.73 Å². The van der Waals surface area contributed by atoms with Gasteiger partial charge in [-0.25, -0.2) is 0 Å². The molecule has 14 heavy (non-hydrogen) atoms. The molecule has 0 heterocycles. The molecule has 0 aliphatic carbocycles. The smallest absolute Gasteiger partial charge is 0.246 e. The van der Waals surface area contributed by atoms with Crippen LogP contribution in [0.5, 0.6) is 0 Å². The third-order valence-corrected chi connectivity index (χ3v) is 1.89. The number of carbonyl (C=O) groups excluding carboxylic acids is 1. The molecule has 0 rings (SSSR count). The SMILES string of the molecule is CCCCC(C)NC(=O)COCCN. The predicted molar refractivity (Wildman–Crippen MR) is 57.0 cm³/mol. The van der Waals surface area contributed by atoms with Crippen molar-refractivity contribution in [2.75, 3.05) is 19.8 Å². The average Bonchev–Trinajstić information content (AvgIpc) is 2.15. The Balaban J connectivity index is 3.40. The molecule has 1 unspecified atom stereocenters. The van der Waals surface area contributed by atoms with Gasteiger partial charge in [0, 0.05) is 12.6 Å². The van der Waals surface area contributed by atoms with Crippen LogP contribution in [-0.2, 0) is 9.53 Å². The van der Waals surface area contributed by atoms with Crippen LogP contribution in [0.15, 0.2) is 0 Å². The van der Waals surface area contributed by atoms with Crippen molar-refractivity contribution < 1.29 is 9.53 Å². The fraction of sp³-hybridized carbons (Fsp3) is 0.900. The zero-order chi connectivity index (χ0) is 10.8. The van der Waals surface area contributed by atoms with Gasteiger partial charge in [0.15, 0.2) is 0 Å². The van der Waals surface area contributed by atoms with Gasteiger partial charge in [-0.05, 0) is 13.3 Å². The summed E-state index contributed by atoms with van der Waals surface area (Å²) in [4.78, 5) is 11.2. The molecule has 4 nitrogen and oxygen atoms in total. The van der Waals surface area contributed by atoms with Gasteiger partial charge in [0.2, 0.25) is 5.91 Å². The van der Waals surface area contributed by atoms with Crippen molar-refractivity contribution in [2.45, 2.75) is 39.2 Å². The van der Waals surface area contributed by atoms with Crippen LogP contribution in [0.4, 0.5) is 0 Å². The quantitative estimate of drug-likeness (QED) is 0.568. The summed E-state index contributed by atoms with van der Waals surface area (Å²) in [5.41, 5.74) is 5.23. The Kier molecular flexibility index (Phi) is 8.57. The van der Waals surface area contributed by atoms with Crippen molar-refractivity contribution in [3.8, 4) is 0 Å². The molecule has 3 N–H and O–H groups in total. The molecule has 0 aliphatic heterocycles. The van der Waals surface area contributed by atoms with Gasteiger partial charge in [0.25, 0.3) is 0 Å². The molecule has 0 aliphatic rings. The minimum Gasteiger partial charge on any atom is -0.370 e. The predicted octanol–water partition coefficient (Wildman–Crippen LogP) is 0.657. The molecule has 84 valence electrons. The highest BCUT2D eigenvalue weighted by Crippen LogP contribution is 1.98. The van der Waals surface area contributed by atoms with Crippen molar-refractivity contribution >= 4 is 5.91 Å². The van der Waals surface area contributed by atoms with Crippen LogP contribution in [0, 0.1) is 0 Å². The largest absolute Gasteiger partial charge is 0.370 e. The van der Waals surface area contributed by atoms with Gasteiger partial charge >= 0.3 is 0 Å². The normalized spacial score (nSPS) is 12.5. The number of nitrogens with one attached hydrogen (secondary N) is 1. The van der Waals surface area contributed by atoms with Crippen LogP contribution in [-0.4, -0.2) is 31.7 Å². The lowest BCUT2D eigenvalue weighted by atomic mass is 10.1. The summed E-state index contributed by atoms with van der Waals surface area (Å²) in [6.07, 6.45) is 3.33. The lowest BCUT2D eigenvalue weighted by molar-refractivity contribution is -0.126. The van der Waals surface area contributed by atoms with E-state index in [0.717, 1.165) is 19.3 Å². The molecule has 4 heteroatoms. The van der Waals surface area contributed by atoms with Gasteiger partial charge in [0.1, 0.15) is 6.61 Å². The number of hydrogen-bond donors (Lipinski definition) is 2. The van der Waals surface area contributed by atoms with E-state index in [1.165, 1.54) is 0 Å². The second-order valence-corrected chi connectivity index (χ2v) is 3.45. The van der Waals surface area contributed by atoms with Crippen LogP contribution < -0.4 is 11.1 Å². The number of ether oxygens (including phenoxy) is 1. The van der Waals surface area contributed by atoms with E-state index in [4.69, 9.17) is 10.5 Å². The molecule has 0 saturated heterocycles. The van der Waals surface area contributed by atoms with Gasteiger partial charge in [-0.3, -0.25) is 4.79 Å². The number of unbranched alkanes of at least 4 members (excludes halogenated alkanes) is 1. The van der Waals surface area contributed by atoms with Gasteiger partial charge in [-0.15, -0.1) is 0 Å². The molecule has 1 atom stereocenters. The highest BCUT2D eigenvalue weighted by molar-refractivity contribution is 5.77. The average molecular weight is 202 g/mol. The molecule has 0 bridgehead atoms. The van der Waals surface area contributed by atoms with E-state index in [1.807, 2.05) is 6.92 Å². The molecule has 0 spiro atoms. The maximum absolute atomic E-state index is 11.2. The molecular formula is C10H22N2O2. The maximum Gasteiger partial charge on any atom is 0.246 e. The fourth-order valence-corrected chi connectivity index (χ4v) is 1.15. The maximum atomic E-state index is 11.2. The summed E-state index contributed by atoms with van der Waals surface area (Å²) in [6, 6.07) is 0.240.